The van der Waals surface area contributed by atoms with Crippen LogP contribution >= 0.6 is 0 Å². The van der Waals surface area contributed by atoms with Crippen LogP contribution in [0.5, 0.6) is 5.75 Å². The Morgan fingerprint density at radius 2 is 2.30 bits per heavy atom. The first-order valence-electron chi connectivity index (χ1n) is 5.97. The Labute approximate surface area is 116 Å². The molecule has 0 spiro atoms. The fourth-order valence-corrected chi connectivity index (χ4v) is 1.70. The largest absolute Gasteiger partial charge is 0.496 e. The van der Waals surface area contributed by atoms with Gasteiger partial charge in [-0.3, -0.25) is 0 Å². The first-order chi connectivity index (χ1) is 9.69. The van der Waals surface area contributed by atoms with Gasteiger partial charge in [0.25, 0.3) is 0 Å². The van der Waals surface area contributed by atoms with Gasteiger partial charge in [-0.1, -0.05) is 6.07 Å². The molecule has 0 fully saturated rings. The van der Waals surface area contributed by atoms with Gasteiger partial charge in [-0.25, -0.2) is 14.3 Å². The number of methoxy groups -OCH3 is 1. The normalized spacial score (nSPS) is 9.85. The maximum Gasteiger partial charge on any atom is 0.341 e. The molecular formula is C14H13N3O3. The van der Waals surface area contributed by atoms with Gasteiger partial charge in [-0.15, -0.1) is 0 Å². The predicted octanol–water partition coefficient (Wildman–Crippen LogP) is 2.61. The van der Waals surface area contributed by atoms with Gasteiger partial charge in [0.1, 0.15) is 11.4 Å². The fourth-order valence-electron chi connectivity index (χ4n) is 1.70. The van der Waals surface area contributed by atoms with Crippen LogP contribution < -0.4 is 4.74 Å². The summed E-state index contributed by atoms with van der Waals surface area (Å²) in [5.74, 6) is 0.0903. The lowest BCUT2D eigenvalue weighted by molar-refractivity contribution is 0.0526. The zero-order chi connectivity index (χ0) is 14.5. The summed E-state index contributed by atoms with van der Waals surface area (Å²) in [7, 11) is 1.52. The molecule has 0 aliphatic carbocycles. The van der Waals surface area contributed by atoms with E-state index in [-0.39, 0.29) is 0 Å². The van der Waals surface area contributed by atoms with Crippen LogP contribution in [-0.4, -0.2) is 29.5 Å². The van der Waals surface area contributed by atoms with Crippen molar-refractivity contribution in [3.63, 3.8) is 0 Å². The number of nitrogens with zero attached hydrogens (tertiary/aromatic N) is 3. The second kappa shape index (κ2) is 5.89. The molecule has 0 saturated heterocycles. The highest BCUT2D eigenvalue weighted by atomic mass is 16.5. The molecule has 0 bridgehead atoms. The molecule has 0 unspecified atom stereocenters. The van der Waals surface area contributed by atoms with Gasteiger partial charge in [-0.05, 0) is 19.1 Å². The van der Waals surface area contributed by atoms with Crippen molar-refractivity contribution in [3.05, 3.63) is 47.6 Å². The maximum atomic E-state index is 11.6. The summed E-state index contributed by atoms with van der Waals surface area (Å²) in [4.78, 5) is 14.9. The SMILES string of the molecule is [C-]#[N+]c1ccc(-n2cc(C(=O)OCC)cn2)c(OC)c1. The molecule has 0 aliphatic heterocycles. The lowest BCUT2D eigenvalue weighted by atomic mass is 10.2. The van der Waals surface area contributed by atoms with E-state index in [4.69, 9.17) is 16.0 Å². The Hall–Kier alpha value is -2.81. The molecule has 0 saturated carbocycles. The van der Waals surface area contributed by atoms with E-state index in [1.54, 1.807) is 31.3 Å². The third kappa shape index (κ3) is 2.62. The highest BCUT2D eigenvalue weighted by Gasteiger charge is 2.12. The van der Waals surface area contributed by atoms with Crippen molar-refractivity contribution < 1.29 is 14.3 Å². The molecule has 0 atom stereocenters. The smallest absolute Gasteiger partial charge is 0.341 e. The Kier molecular flexibility index (Phi) is 4.01. The first kappa shape index (κ1) is 13.6. The monoisotopic (exact) mass is 271 g/mol. The van der Waals surface area contributed by atoms with E-state index in [0.29, 0.717) is 29.3 Å². The Morgan fingerprint density at radius 1 is 1.50 bits per heavy atom. The second-order valence-corrected chi connectivity index (χ2v) is 3.86. The highest BCUT2D eigenvalue weighted by Crippen LogP contribution is 2.27. The minimum atomic E-state index is -0.421. The third-order valence-corrected chi connectivity index (χ3v) is 2.63. The third-order valence-electron chi connectivity index (χ3n) is 2.63. The summed E-state index contributed by atoms with van der Waals surface area (Å²) in [5.41, 5.74) is 1.49. The number of hydrogen-bond donors (Lipinski definition) is 0. The van der Waals surface area contributed by atoms with Crippen molar-refractivity contribution in [2.24, 2.45) is 0 Å². The summed E-state index contributed by atoms with van der Waals surface area (Å²) >= 11 is 0. The molecule has 6 nitrogen and oxygen atoms in total. The van der Waals surface area contributed by atoms with Crippen molar-refractivity contribution in [2.75, 3.05) is 13.7 Å². The average Bonchev–Trinajstić information content (AvgIpc) is 2.96. The van der Waals surface area contributed by atoms with Gasteiger partial charge in [-0.2, -0.15) is 5.10 Å². The van der Waals surface area contributed by atoms with E-state index in [1.165, 1.54) is 18.0 Å². The van der Waals surface area contributed by atoms with Gasteiger partial charge in [0.05, 0.1) is 32.0 Å². The standard InChI is InChI=1S/C14H13N3O3/c1-4-20-14(18)10-8-16-17(9-10)12-6-5-11(15-2)7-13(12)19-3/h5-9H,4H2,1,3H3. The van der Waals surface area contributed by atoms with E-state index >= 15 is 0 Å². The zero-order valence-corrected chi connectivity index (χ0v) is 11.2. The van der Waals surface area contributed by atoms with E-state index in [2.05, 4.69) is 9.94 Å². The molecule has 0 N–H and O–H groups in total. The van der Waals surface area contributed by atoms with Crippen LogP contribution in [0.15, 0.2) is 30.6 Å². The zero-order valence-electron chi connectivity index (χ0n) is 11.2. The molecule has 1 aromatic carbocycles. The van der Waals surface area contributed by atoms with Gasteiger partial charge in [0.15, 0.2) is 5.69 Å². The number of ether oxygens (including phenoxy) is 2. The van der Waals surface area contributed by atoms with E-state index in [0.717, 1.165) is 0 Å². The number of carbonyl (C=O) groups excluding carboxylic acids is 1. The number of esters is 1. The molecule has 1 heterocycles. The van der Waals surface area contributed by atoms with Crippen LogP contribution in [-0.2, 0) is 4.74 Å². The van der Waals surface area contributed by atoms with Gasteiger partial charge >= 0.3 is 5.97 Å². The molecule has 2 aromatic rings. The number of aromatic nitrogens is 2. The van der Waals surface area contributed by atoms with Crippen LogP contribution in [0.1, 0.15) is 17.3 Å². The minimum absolute atomic E-state index is 0.313. The lowest BCUT2D eigenvalue weighted by Crippen LogP contribution is -2.03. The van der Waals surface area contributed by atoms with Crippen molar-refractivity contribution in [1.29, 1.82) is 0 Å². The summed E-state index contributed by atoms with van der Waals surface area (Å²) in [6.07, 6.45) is 2.99. The predicted molar refractivity (Wildman–Crippen MR) is 72.3 cm³/mol. The minimum Gasteiger partial charge on any atom is -0.496 e. The molecule has 20 heavy (non-hydrogen) atoms. The molecule has 0 aliphatic rings. The first-order valence-corrected chi connectivity index (χ1v) is 5.97. The van der Waals surface area contributed by atoms with Gasteiger partial charge < -0.3 is 9.47 Å². The van der Waals surface area contributed by atoms with Crippen LogP contribution in [0.2, 0.25) is 0 Å². The Morgan fingerprint density at radius 3 is 2.95 bits per heavy atom. The quantitative estimate of drug-likeness (QED) is 0.633. The molecular weight excluding hydrogens is 258 g/mol. The van der Waals surface area contributed by atoms with Crippen LogP contribution in [0.4, 0.5) is 5.69 Å². The van der Waals surface area contributed by atoms with Gasteiger partial charge in [0.2, 0.25) is 0 Å². The molecule has 0 amide bonds. The van der Waals surface area contributed by atoms with Gasteiger partial charge in [0, 0.05) is 6.20 Å². The van der Waals surface area contributed by atoms with Crippen LogP contribution in [0, 0.1) is 6.57 Å². The molecule has 6 heteroatoms. The molecule has 1 aromatic heterocycles. The van der Waals surface area contributed by atoms with E-state index in [9.17, 15) is 4.79 Å². The number of rotatable bonds is 4. The summed E-state index contributed by atoms with van der Waals surface area (Å²) in [6, 6.07) is 5.00. The maximum absolute atomic E-state index is 11.6. The average molecular weight is 271 g/mol. The topological polar surface area (TPSA) is 57.7 Å². The summed E-state index contributed by atoms with van der Waals surface area (Å²) in [5, 5.41) is 4.11. The summed E-state index contributed by atoms with van der Waals surface area (Å²) < 4.78 is 11.7. The lowest BCUT2D eigenvalue weighted by Gasteiger charge is -2.08. The Balaban J connectivity index is 2.37. The van der Waals surface area contributed by atoms with E-state index in [1.807, 2.05) is 0 Å². The number of carbonyl (C=O) groups is 1. The Bertz CT molecular complexity index is 671. The highest BCUT2D eigenvalue weighted by molar-refractivity contribution is 5.88. The number of hydrogen-bond acceptors (Lipinski definition) is 4. The van der Waals surface area contributed by atoms with E-state index < -0.39 is 5.97 Å². The van der Waals surface area contributed by atoms with Crippen molar-refractivity contribution in [1.82, 2.24) is 9.78 Å². The fraction of sp³-hybridized carbons (Fsp3) is 0.214. The van der Waals surface area contributed by atoms with Crippen LogP contribution in [0.3, 0.4) is 0 Å². The van der Waals surface area contributed by atoms with Crippen molar-refractivity contribution >= 4 is 11.7 Å². The number of benzene rings is 1. The molecule has 102 valence electrons. The second-order valence-electron chi connectivity index (χ2n) is 3.86. The van der Waals surface area contributed by atoms with Crippen LogP contribution in [0.25, 0.3) is 10.5 Å². The summed E-state index contributed by atoms with van der Waals surface area (Å²) in [6.45, 7) is 9.04. The van der Waals surface area contributed by atoms with Crippen molar-refractivity contribution in [3.8, 4) is 11.4 Å². The molecule has 0 radical (unpaired) electrons. The molecule has 2 rings (SSSR count). The van der Waals surface area contributed by atoms with Crippen molar-refractivity contribution in [2.45, 2.75) is 6.92 Å².